The highest BCUT2D eigenvalue weighted by Gasteiger charge is 2.19. The van der Waals surface area contributed by atoms with Crippen molar-refractivity contribution in [3.8, 4) is 0 Å². The predicted molar refractivity (Wildman–Crippen MR) is 90.1 cm³/mol. The lowest BCUT2D eigenvalue weighted by atomic mass is 10.0. The molecule has 1 aromatic rings. The zero-order chi connectivity index (χ0) is 16.7. The summed E-state index contributed by atoms with van der Waals surface area (Å²) in [6, 6.07) is 5.95. The van der Waals surface area contributed by atoms with Gasteiger partial charge in [-0.15, -0.1) is 0 Å². The minimum atomic E-state index is -0.137. The highest BCUT2D eigenvalue weighted by molar-refractivity contribution is 5.98. The second kappa shape index (κ2) is 8.54. The van der Waals surface area contributed by atoms with E-state index in [4.69, 9.17) is 0 Å². The Morgan fingerprint density at radius 1 is 1.23 bits per heavy atom. The molecule has 0 bridgehead atoms. The van der Waals surface area contributed by atoms with Crippen molar-refractivity contribution in [2.75, 3.05) is 38.6 Å². The second-order valence-electron chi connectivity index (χ2n) is 5.69. The molecule has 1 aromatic carbocycles. The lowest BCUT2D eigenvalue weighted by Gasteiger charge is -2.25. The summed E-state index contributed by atoms with van der Waals surface area (Å²) in [6.07, 6.45) is 0.822. The number of hydrogen-bond acceptors (Lipinski definition) is 3. The van der Waals surface area contributed by atoms with Crippen molar-refractivity contribution in [3.63, 3.8) is 0 Å². The molecule has 0 unspecified atom stereocenters. The summed E-state index contributed by atoms with van der Waals surface area (Å²) >= 11 is 0. The van der Waals surface area contributed by atoms with Gasteiger partial charge in [-0.1, -0.05) is 25.1 Å². The Labute approximate surface area is 133 Å². The van der Waals surface area contributed by atoms with E-state index in [0.29, 0.717) is 6.54 Å². The Bertz CT molecular complexity index is 527. The van der Waals surface area contributed by atoms with Crippen LogP contribution in [0.1, 0.15) is 25.0 Å². The van der Waals surface area contributed by atoms with E-state index in [1.54, 1.807) is 4.90 Å². The third-order valence-electron chi connectivity index (χ3n) is 3.54. The zero-order valence-corrected chi connectivity index (χ0v) is 14.3. The molecule has 0 atom stereocenters. The number of rotatable bonds is 7. The molecular weight excluding hydrogens is 278 g/mol. The van der Waals surface area contributed by atoms with Crippen LogP contribution in [0.5, 0.6) is 0 Å². The number of nitrogens with one attached hydrogen (secondary N) is 1. The van der Waals surface area contributed by atoms with Gasteiger partial charge in [0.05, 0.1) is 5.69 Å². The Kier molecular flexibility index (Phi) is 7.05. The Balaban J connectivity index is 2.87. The van der Waals surface area contributed by atoms with E-state index in [2.05, 4.69) is 5.32 Å². The lowest BCUT2D eigenvalue weighted by Crippen LogP contribution is -2.42. The predicted octanol–water partition coefficient (Wildman–Crippen LogP) is 1.59. The third kappa shape index (κ3) is 5.15. The summed E-state index contributed by atoms with van der Waals surface area (Å²) in [4.78, 5) is 27.7. The Hall–Kier alpha value is -1.88. The van der Waals surface area contributed by atoms with E-state index >= 15 is 0 Å². The summed E-state index contributed by atoms with van der Waals surface area (Å²) in [7, 11) is 3.91. The Morgan fingerprint density at radius 2 is 1.91 bits per heavy atom. The maximum absolute atomic E-state index is 12.1. The van der Waals surface area contributed by atoms with Gasteiger partial charge in [-0.3, -0.25) is 9.59 Å². The van der Waals surface area contributed by atoms with E-state index in [9.17, 15) is 9.59 Å². The van der Waals surface area contributed by atoms with Gasteiger partial charge in [0.1, 0.15) is 6.54 Å². The first-order valence-electron chi connectivity index (χ1n) is 7.64. The van der Waals surface area contributed by atoms with Gasteiger partial charge in [0.2, 0.25) is 11.8 Å². The highest BCUT2D eigenvalue weighted by atomic mass is 16.2. The number of hydrogen-bond donors (Lipinski definition) is 1. The lowest BCUT2D eigenvalue weighted by molar-refractivity contribution is -0.123. The second-order valence-corrected chi connectivity index (χ2v) is 5.69. The molecule has 2 amide bonds. The number of aryl methyl sites for hydroxylation is 2. The standard InChI is InChI=1S/C17H27N3O2/c1-6-15-9-7-8-13(2)17(15)20(14(3)21)12-16(22)18-10-11-19(4)5/h7-9H,6,10-12H2,1-5H3,(H,18,22). The SMILES string of the molecule is CCc1cccc(C)c1N(CC(=O)NCCN(C)C)C(C)=O. The van der Waals surface area contributed by atoms with Gasteiger partial charge in [-0.05, 0) is 38.6 Å². The molecule has 0 spiro atoms. The van der Waals surface area contributed by atoms with Crippen molar-refractivity contribution in [2.24, 2.45) is 0 Å². The molecule has 5 heteroatoms. The third-order valence-corrected chi connectivity index (χ3v) is 3.54. The van der Waals surface area contributed by atoms with Crippen molar-refractivity contribution >= 4 is 17.5 Å². The largest absolute Gasteiger partial charge is 0.353 e. The van der Waals surface area contributed by atoms with Crippen molar-refractivity contribution in [1.29, 1.82) is 0 Å². The normalized spacial score (nSPS) is 10.6. The molecule has 0 heterocycles. The fraction of sp³-hybridized carbons (Fsp3) is 0.529. The number of amides is 2. The molecular formula is C17H27N3O2. The van der Waals surface area contributed by atoms with Crippen LogP contribution in [-0.2, 0) is 16.0 Å². The fourth-order valence-electron chi connectivity index (χ4n) is 2.36. The van der Waals surface area contributed by atoms with Gasteiger partial charge in [0.25, 0.3) is 0 Å². The van der Waals surface area contributed by atoms with Gasteiger partial charge < -0.3 is 15.1 Å². The smallest absolute Gasteiger partial charge is 0.240 e. The highest BCUT2D eigenvalue weighted by Crippen LogP contribution is 2.25. The summed E-state index contributed by atoms with van der Waals surface area (Å²) in [5.74, 6) is -0.255. The van der Waals surface area contributed by atoms with E-state index in [1.807, 2.05) is 51.0 Å². The van der Waals surface area contributed by atoms with Gasteiger partial charge in [0.15, 0.2) is 0 Å². The molecule has 0 aliphatic carbocycles. The van der Waals surface area contributed by atoms with Crippen LogP contribution in [0.15, 0.2) is 18.2 Å². The van der Waals surface area contributed by atoms with Crippen LogP contribution in [0.4, 0.5) is 5.69 Å². The summed E-state index contributed by atoms with van der Waals surface area (Å²) in [6.45, 7) is 6.92. The van der Waals surface area contributed by atoms with Gasteiger partial charge in [0, 0.05) is 20.0 Å². The van der Waals surface area contributed by atoms with E-state index < -0.39 is 0 Å². The number of benzene rings is 1. The van der Waals surface area contributed by atoms with Gasteiger partial charge in [-0.2, -0.15) is 0 Å². The Morgan fingerprint density at radius 3 is 2.45 bits per heavy atom. The first kappa shape index (κ1) is 18.2. The van der Waals surface area contributed by atoms with Gasteiger partial charge in [-0.25, -0.2) is 0 Å². The van der Waals surface area contributed by atoms with Crippen LogP contribution in [-0.4, -0.2) is 50.4 Å². The number of nitrogens with zero attached hydrogens (tertiary/aromatic N) is 2. The molecule has 0 aromatic heterocycles. The van der Waals surface area contributed by atoms with Gasteiger partial charge >= 0.3 is 0 Å². The minimum absolute atomic E-state index is 0.0562. The average Bonchev–Trinajstić information content (AvgIpc) is 2.44. The van der Waals surface area contributed by atoms with Crippen molar-refractivity contribution in [3.05, 3.63) is 29.3 Å². The average molecular weight is 305 g/mol. The topological polar surface area (TPSA) is 52.7 Å². The van der Waals surface area contributed by atoms with Crippen molar-refractivity contribution in [2.45, 2.75) is 27.2 Å². The maximum atomic E-state index is 12.1. The number of para-hydroxylation sites is 1. The first-order valence-corrected chi connectivity index (χ1v) is 7.64. The summed E-state index contributed by atoms with van der Waals surface area (Å²) < 4.78 is 0. The molecule has 0 aliphatic rings. The molecule has 122 valence electrons. The van der Waals surface area contributed by atoms with Crippen LogP contribution < -0.4 is 10.2 Å². The minimum Gasteiger partial charge on any atom is -0.353 e. The molecule has 0 saturated heterocycles. The molecule has 0 aliphatic heterocycles. The summed E-state index contributed by atoms with van der Waals surface area (Å²) in [5.41, 5.74) is 2.95. The van der Waals surface area contributed by atoms with Crippen LogP contribution in [0, 0.1) is 6.92 Å². The number of carbonyl (C=O) groups is 2. The van der Waals surface area contributed by atoms with Crippen LogP contribution in [0.25, 0.3) is 0 Å². The molecule has 0 saturated carbocycles. The number of likely N-dealkylation sites (N-methyl/N-ethyl adjacent to an activating group) is 1. The molecule has 5 nitrogen and oxygen atoms in total. The summed E-state index contributed by atoms with van der Waals surface area (Å²) in [5, 5.41) is 2.85. The molecule has 1 N–H and O–H groups in total. The number of anilines is 1. The monoisotopic (exact) mass is 305 g/mol. The molecule has 22 heavy (non-hydrogen) atoms. The van der Waals surface area contributed by atoms with Crippen molar-refractivity contribution in [1.82, 2.24) is 10.2 Å². The molecule has 0 fully saturated rings. The van der Waals surface area contributed by atoms with Crippen LogP contribution in [0.3, 0.4) is 0 Å². The van der Waals surface area contributed by atoms with E-state index in [0.717, 1.165) is 29.8 Å². The van der Waals surface area contributed by atoms with Crippen molar-refractivity contribution < 1.29 is 9.59 Å². The van der Waals surface area contributed by atoms with Crippen LogP contribution in [0.2, 0.25) is 0 Å². The maximum Gasteiger partial charge on any atom is 0.240 e. The first-order chi connectivity index (χ1) is 10.4. The fourth-order valence-corrected chi connectivity index (χ4v) is 2.36. The molecule has 0 radical (unpaired) electrons. The quantitative estimate of drug-likeness (QED) is 0.832. The zero-order valence-electron chi connectivity index (χ0n) is 14.3. The van der Waals surface area contributed by atoms with E-state index in [-0.39, 0.29) is 18.4 Å². The number of carbonyl (C=O) groups excluding carboxylic acids is 2. The van der Waals surface area contributed by atoms with Crippen LogP contribution >= 0.6 is 0 Å². The molecule has 1 rings (SSSR count). The van der Waals surface area contributed by atoms with E-state index in [1.165, 1.54) is 6.92 Å².